The highest BCUT2D eigenvalue weighted by Crippen LogP contribution is 2.31. The minimum Gasteiger partial charge on any atom is -0.382 e. The lowest BCUT2D eigenvalue weighted by molar-refractivity contribution is 0.820. The lowest BCUT2D eigenvalue weighted by Gasteiger charge is -2.19. The van der Waals surface area contributed by atoms with Crippen molar-refractivity contribution in [1.29, 1.82) is 15.8 Å². The Kier molecular flexibility index (Phi) is 17.5. The van der Waals surface area contributed by atoms with Gasteiger partial charge in [-0.3, -0.25) is 42.5 Å². The third-order valence-corrected chi connectivity index (χ3v) is 14.1. The van der Waals surface area contributed by atoms with Gasteiger partial charge in [-0.1, -0.05) is 18.2 Å². The first-order valence-electron chi connectivity index (χ1n) is 27.6. The summed E-state index contributed by atoms with van der Waals surface area (Å²) in [5.41, 5.74) is 25.7. The van der Waals surface area contributed by atoms with Gasteiger partial charge < -0.3 is 33.2 Å². The number of aromatic nitrogens is 15. The Morgan fingerprint density at radius 2 is 0.689 bits per heavy atom. The number of aryl methyl sites for hydroxylation is 3. The van der Waals surface area contributed by atoms with Gasteiger partial charge in [-0.15, -0.1) is 0 Å². The lowest BCUT2D eigenvalue weighted by atomic mass is 10.0. The van der Waals surface area contributed by atoms with Gasteiger partial charge in [0.2, 0.25) is 0 Å². The minimum atomic E-state index is -0.471. The molecule has 0 saturated carbocycles. The summed E-state index contributed by atoms with van der Waals surface area (Å²) in [7, 11) is 0. The summed E-state index contributed by atoms with van der Waals surface area (Å²) >= 11 is 0. The number of hydrogen-bond acceptors (Lipinski definition) is 24. The van der Waals surface area contributed by atoms with Gasteiger partial charge in [-0.05, 0) is 131 Å². The highest BCUT2D eigenvalue weighted by atomic mass is 16.1. The largest absolute Gasteiger partial charge is 0.382 e. The van der Waals surface area contributed by atoms with E-state index in [9.17, 15) is 30.2 Å². The summed E-state index contributed by atoms with van der Waals surface area (Å²) < 4.78 is 4.46. The summed E-state index contributed by atoms with van der Waals surface area (Å²) in [6.07, 6.45) is 13.8. The van der Waals surface area contributed by atoms with Gasteiger partial charge in [-0.2, -0.15) is 15.8 Å². The monoisotopic (exact) mass is 1190 g/mol. The molecule has 1 unspecified atom stereocenters. The van der Waals surface area contributed by atoms with Gasteiger partial charge in [0.25, 0.3) is 16.7 Å². The molecule has 12 heterocycles. The average Bonchev–Trinajstić information content (AvgIpc) is 1.07. The predicted molar refractivity (Wildman–Crippen MR) is 338 cm³/mol. The SMILES string of the molecule is Cc1ccnc(-c2c(C(C)Nc3ncnc(N)c3C#N)nc3ccccn3c2=O)c1.Cc1ccnc(-c2c([C@@H](C)Nc3ncnc(N)c3C#N)nc3ccccn3c2=O)c1.Cc1ccnc(-c2c([C@H](C)Nc3ncnc(N)c3C#N)nc3ccccn3c2=O)c1. The summed E-state index contributed by atoms with van der Waals surface area (Å²) in [5.74, 6) is 1.06. The van der Waals surface area contributed by atoms with E-state index in [2.05, 4.69) is 60.8 Å². The zero-order valence-electron chi connectivity index (χ0n) is 49.1. The maximum atomic E-state index is 13.4. The number of hydrogen-bond donors (Lipinski definition) is 6. The molecule has 27 heteroatoms. The fourth-order valence-electron chi connectivity index (χ4n) is 9.68. The van der Waals surface area contributed by atoms with Gasteiger partial charge in [-0.25, -0.2) is 44.9 Å². The van der Waals surface area contributed by atoms with E-state index < -0.39 is 18.1 Å². The van der Waals surface area contributed by atoms with Crippen LogP contribution in [0.3, 0.4) is 0 Å². The first-order valence-corrected chi connectivity index (χ1v) is 27.6. The van der Waals surface area contributed by atoms with E-state index in [1.54, 1.807) is 73.6 Å². The number of pyridine rings is 6. The smallest absolute Gasteiger partial charge is 0.267 e. The molecule has 0 aliphatic heterocycles. The van der Waals surface area contributed by atoms with Crippen LogP contribution >= 0.6 is 0 Å². The van der Waals surface area contributed by atoms with Crippen molar-refractivity contribution in [2.45, 2.75) is 59.7 Å². The normalized spacial score (nSPS) is 11.8. The van der Waals surface area contributed by atoms with Crippen LogP contribution in [0.25, 0.3) is 50.7 Å². The number of nitriles is 3. The molecule has 0 aliphatic rings. The predicted octanol–water partition coefficient (Wildman–Crippen LogP) is 7.45. The summed E-state index contributed by atoms with van der Waals surface area (Å²) in [5, 5.41) is 37.6. The molecule has 12 aromatic rings. The molecule has 0 amide bonds. The third kappa shape index (κ3) is 12.4. The Labute approximate surface area is 512 Å². The van der Waals surface area contributed by atoms with Crippen molar-refractivity contribution in [3.05, 3.63) is 229 Å². The van der Waals surface area contributed by atoms with Crippen molar-refractivity contribution >= 4 is 51.8 Å². The van der Waals surface area contributed by atoms with E-state index in [-0.39, 0.29) is 68.3 Å². The van der Waals surface area contributed by atoms with Crippen molar-refractivity contribution < 1.29 is 0 Å². The molecular weight excluding hydrogens is 1140 g/mol. The van der Waals surface area contributed by atoms with Crippen LogP contribution in [0.15, 0.2) is 162 Å². The van der Waals surface area contributed by atoms with Gasteiger partial charge in [0, 0.05) is 37.2 Å². The Hall–Kier alpha value is -13.0. The molecule has 27 nitrogen and oxygen atoms in total. The van der Waals surface area contributed by atoms with Crippen LogP contribution in [-0.2, 0) is 0 Å². The topological polar surface area (TPSA) is 405 Å². The molecule has 9 N–H and O–H groups in total. The molecule has 0 saturated heterocycles. The highest BCUT2D eigenvalue weighted by Gasteiger charge is 2.26. The molecule has 90 heavy (non-hydrogen) atoms. The first-order chi connectivity index (χ1) is 43.5. The van der Waals surface area contributed by atoms with E-state index in [4.69, 9.17) is 32.2 Å². The van der Waals surface area contributed by atoms with Crippen molar-refractivity contribution in [3.63, 3.8) is 0 Å². The van der Waals surface area contributed by atoms with Crippen LogP contribution in [0.1, 0.15) is 89.4 Å². The summed E-state index contributed by atoms with van der Waals surface area (Å²) in [4.78, 5) is 91.3. The fraction of sp³-hybridized carbons (Fsp3) is 0.143. The minimum absolute atomic E-state index is 0.0781. The van der Waals surface area contributed by atoms with Gasteiger partial charge in [0.1, 0.15) is 106 Å². The van der Waals surface area contributed by atoms with Crippen molar-refractivity contribution in [2.75, 3.05) is 33.2 Å². The Morgan fingerprint density at radius 3 is 0.944 bits per heavy atom. The van der Waals surface area contributed by atoms with E-state index in [0.29, 0.717) is 67.8 Å². The molecule has 0 spiro atoms. The average molecular weight is 1200 g/mol. The molecule has 0 bridgehead atoms. The number of nitrogens with zero attached hydrogens (tertiary/aromatic N) is 18. The second kappa shape index (κ2) is 26.1. The number of nitrogens with one attached hydrogen (secondary N) is 3. The van der Waals surface area contributed by atoms with Crippen LogP contribution < -0.4 is 49.8 Å². The number of rotatable bonds is 12. The van der Waals surface area contributed by atoms with Gasteiger partial charge in [0.05, 0.1) is 69.0 Å². The molecule has 12 aromatic heterocycles. The maximum Gasteiger partial charge on any atom is 0.267 e. The molecule has 3 atom stereocenters. The second-order valence-electron chi connectivity index (χ2n) is 20.4. The van der Waals surface area contributed by atoms with E-state index in [0.717, 1.165) is 16.7 Å². The third-order valence-electron chi connectivity index (χ3n) is 14.1. The highest BCUT2D eigenvalue weighted by molar-refractivity contribution is 5.71. The molecule has 0 radical (unpaired) electrons. The summed E-state index contributed by atoms with van der Waals surface area (Å²) in [6, 6.07) is 31.7. The van der Waals surface area contributed by atoms with E-state index in [1.807, 2.05) is 114 Å². The summed E-state index contributed by atoms with van der Waals surface area (Å²) in [6.45, 7) is 11.3. The second-order valence-corrected chi connectivity index (χ2v) is 20.4. The lowest BCUT2D eigenvalue weighted by Crippen LogP contribution is -2.23. The molecule has 0 fully saturated rings. The van der Waals surface area contributed by atoms with Crippen molar-refractivity contribution in [2.24, 2.45) is 0 Å². The van der Waals surface area contributed by atoms with Crippen LogP contribution in [0, 0.1) is 54.8 Å². The van der Waals surface area contributed by atoms with E-state index in [1.165, 1.54) is 32.2 Å². The molecule has 12 rings (SSSR count). The Balaban J connectivity index is 0.000000148. The number of fused-ring (bicyclic) bond motifs is 3. The fourth-order valence-corrected chi connectivity index (χ4v) is 9.68. The molecular formula is C63H54N24O3. The number of nitrogen functional groups attached to an aromatic ring is 3. The van der Waals surface area contributed by atoms with Crippen molar-refractivity contribution in [1.82, 2.24) is 73.0 Å². The van der Waals surface area contributed by atoms with Crippen molar-refractivity contribution in [3.8, 4) is 52.0 Å². The number of nitrogens with two attached hydrogens (primary N) is 3. The van der Waals surface area contributed by atoms with E-state index >= 15 is 0 Å². The molecule has 0 aliphatic carbocycles. The van der Waals surface area contributed by atoms with Crippen LogP contribution in [0.5, 0.6) is 0 Å². The van der Waals surface area contributed by atoms with Crippen LogP contribution in [0.4, 0.5) is 34.9 Å². The van der Waals surface area contributed by atoms with Gasteiger partial charge >= 0.3 is 0 Å². The standard InChI is InChI=1S/3C21H18N8O/c3*1-12-6-7-24-15(9-12)17-18(28-16-5-3-4-8-29(16)21(17)30)13(2)27-20-14(10-22)19(23)25-11-26-20/h3*3-9,11,13H,1-2H3,(H3,23,25,26,27)/t2*13-;/m10./s1. The Bertz CT molecular complexity index is 4570. The maximum absolute atomic E-state index is 13.4. The van der Waals surface area contributed by atoms with Gasteiger partial charge in [0.15, 0.2) is 0 Å². The zero-order valence-corrected chi connectivity index (χ0v) is 49.1. The van der Waals surface area contributed by atoms with Crippen LogP contribution in [0.2, 0.25) is 0 Å². The quantitative estimate of drug-likeness (QED) is 0.0691. The molecule has 444 valence electrons. The molecule has 0 aromatic carbocycles. The van der Waals surface area contributed by atoms with Crippen LogP contribution in [-0.4, -0.2) is 73.0 Å². The Morgan fingerprint density at radius 1 is 0.411 bits per heavy atom. The zero-order chi connectivity index (χ0) is 63.8. The number of anilines is 6. The first kappa shape index (κ1) is 60.2.